The molecule has 76 valence electrons. The van der Waals surface area contributed by atoms with E-state index in [1.165, 1.54) is 6.92 Å². The number of hydrogen-bond donors (Lipinski definition) is 0. The molecule has 0 aliphatic carbocycles. The Bertz CT molecular complexity index is 199. The zero-order chi connectivity index (χ0) is 10.5. The normalized spacial score (nSPS) is 11.1. The minimum atomic E-state index is -1.35. The highest BCUT2D eigenvalue weighted by Crippen LogP contribution is 2.08. The summed E-state index contributed by atoms with van der Waals surface area (Å²) < 4.78 is 5.01. The molecule has 0 rings (SSSR count). The van der Waals surface area contributed by atoms with Gasteiger partial charge in [0.05, 0.1) is 14.3 Å². The van der Waals surface area contributed by atoms with Crippen molar-refractivity contribution in [2.75, 3.05) is 6.23 Å². The Labute approximate surface area is 80.5 Å². The van der Waals surface area contributed by atoms with Crippen LogP contribution in [0, 0.1) is 0 Å². The van der Waals surface area contributed by atoms with Gasteiger partial charge >= 0.3 is 5.97 Å². The topological polar surface area (TPSA) is 43.4 Å². The van der Waals surface area contributed by atoms with E-state index in [4.69, 9.17) is 4.74 Å². The van der Waals surface area contributed by atoms with Crippen LogP contribution < -0.4 is 0 Å². The zero-order valence-electron chi connectivity index (χ0n) is 8.85. The second kappa shape index (κ2) is 5.17. The number of ketones is 1. The van der Waals surface area contributed by atoms with Crippen molar-refractivity contribution in [2.45, 2.75) is 39.4 Å². The average molecular weight is 202 g/mol. The van der Waals surface area contributed by atoms with Crippen LogP contribution in [-0.2, 0) is 14.3 Å². The molecular formula is C9H18O3Si. The summed E-state index contributed by atoms with van der Waals surface area (Å²) in [6.45, 7) is 7.82. The Morgan fingerprint density at radius 3 is 2.23 bits per heavy atom. The van der Waals surface area contributed by atoms with E-state index < -0.39 is 8.07 Å². The fraction of sp³-hybridized carbons (Fsp3) is 0.778. The van der Waals surface area contributed by atoms with Gasteiger partial charge in [0.15, 0.2) is 0 Å². The van der Waals surface area contributed by atoms with Crippen molar-refractivity contribution in [1.82, 2.24) is 0 Å². The van der Waals surface area contributed by atoms with Crippen molar-refractivity contribution in [3.05, 3.63) is 0 Å². The van der Waals surface area contributed by atoms with Gasteiger partial charge in [-0.25, -0.2) is 0 Å². The van der Waals surface area contributed by atoms with Crippen LogP contribution in [0.15, 0.2) is 0 Å². The van der Waals surface area contributed by atoms with Crippen molar-refractivity contribution < 1.29 is 14.3 Å². The van der Waals surface area contributed by atoms with E-state index in [0.29, 0.717) is 6.23 Å². The number of carbonyl (C=O) groups excluding carboxylic acids is 2. The number of esters is 1. The molecule has 0 atom stereocenters. The summed E-state index contributed by atoms with van der Waals surface area (Å²) in [4.78, 5) is 21.6. The fourth-order valence-corrected chi connectivity index (χ4v) is 1.39. The lowest BCUT2D eigenvalue weighted by Gasteiger charge is -2.19. The van der Waals surface area contributed by atoms with Gasteiger partial charge in [-0.15, -0.1) is 0 Å². The molecule has 0 fully saturated rings. The van der Waals surface area contributed by atoms with Gasteiger partial charge in [-0.3, -0.25) is 9.59 Å². The van der Waals surface area contributed by atoms with Crippen LogP contribution in [0.4, 0.5) is 0 Å². The van der Waals surface area contributed by atoms with Gasteiger partial charge in [0, 0.05) is 0 Å². The first-order chi connectivity index (χ1) is 5.87. The van der Waals surface area contributed by atoms with E-state index in [1.54, 1.807) is 0 Å². The Hall–Kier alpha value is -0.643. The van der Waals surface area contributed by atoms with Crippen LogP contribution in [-0.4, -0.2) is 26.1 Å². The molecule has 0 aliphatic rings. The third-order valence-corrected chi connectivity index (χ3v) is 4.81. The minimum absolute atomic E-state index is 0.0891. The Kier molecular flexibility index (Phi) is 4.91. The minimum Gasteiger partial charge on any atom is -0.469 e. The van der Waals surface area contributed by atoms with Crippen molar-refractivity contribution >= 4 is 19.8 Å². The van der Waals surface area contributed by atoms with Gasteiger partial charge in [-0.05, 0) is 6.92 Å². The molecular weight excluding hydrogens is 184 g/mol. The molecule has 3 nitrogen and oxygen atoms in total. The molecule has 0 N–H and O–H groups in total. The van der Waals surface area contributed by atoms with E-state index in [-0.39, 0.29) is 18.2 Å². The lowest BCUT2D eigenvalue weighted by Crippen LogP contribution is -2.33. The van der Waals surface area contributed by atoms with Gasteiger partial charge in [-0.1, -0.05) is 26.1 Å². The predicted octanol–water partition coefficient (Wildman–Crippen LogP) is 1.78. The van der Waals surface area contributed by atoms with Crippen LogP contribution >= 0.6 is 0 Å². The SMILES string of the molecule is CC[Si](C)(C)COC(=O)CC(C)=O. The molecule has 13 heavy (non-hydrogen) atoms. The first-order valence-electron chi connectivity index (χ1n) is 4.52. The van der Waals surface area contributed by atoms with E-state index >= 15 is 0 Å². The molecule has 0 amide bonds. The monoisotopic (exact) mass is 202 g/mol. The second-order valence-electron chi connectivity index (χ2n) is 4.06. The standard InChI is InChI=1S/C9H18O3Si/c1-5-13(3,4)7-12-9(11)6-8(2)10/h5-7H2,1-4H3. The number of carbonyl (C=O) groups is 2. The van der Waals surface area contributed by atoms with Crippen molar-refractivity contribution in [1.29, 1.82) is 0 Å². The summed E-state index contributed by atoms with van der Waals surface area (Å²) in [6.07, 6.45) is 0.434. The second-order valence-corrected chi connectivity index (χ2v) is 9.38. The van der Waals surface area contributed by atoms with E-state index in [2.05, 4.69) is 20.0 Å². The highest BCUT2D eigenvalue weighted by Gasteiger charge is 2.20. The summed E-state index contributed by atoms with van der Waals surface area (Å²) >= 11 is 0. The third-order valence-electron chi connectivity index (χ3n) is 1.97. The summed E-state index contributed by atoms with van der Waals surface area (Å²) in [6, 6.07) is 1.08. The van der Waals surface area contributed by atoms with Gasteiger partial charge in [-0.2, -0.15) is 0 Å². The van der Waals surface area contributed by atoms with Crippen LogP contribution in [0.25, 0.3) is 0 Å². The largest absolute Gasteiger partial charge is 0.469 e. The fourth-order valence-electron chi connectivity index (χ4n) is 0.632. The van der Waals surface area contributed by atoms with E-state index in [9.17, 15) is 9.59 Å². The zero-order valence-corrected chi connectivity index (χ0v) is 9.85. The maximum atomic E-state index is 11.0. The Morgan fingerprint density at radius 2 is 1.85 bits per heavy atom. The van der Waals surface area contributed by atoms with Gasteiger partial charge in [0.1, 0.15) is 12.2 Å². The van der Waals surface area contributed by atoms with Gasteiger partial charge in [0.2, 0.25) is 0 Å². The van der Waals surface area contributed by atoms with Gasteiger partial charge < -0.3 is 4.74 Å². The summed E-state index contributed by atoms with van der Waals surface area (Å²) in [7, 11) is -1.35. The van der Waals surface area contributed by atoms with Crippen LogP contribution in [0.1, 0.15) is 20.3 Å². The number of rotatable bonds is 5. The first kappa shape index (κ1) is 12.4. The quantitative estimate of drug-likeness (QED) is 0.388. The highest BCUT2D eigenvalue weighted by atomic mass is 28.3. The molecule has 0 aromatic rings. The summed E-state index contributed by atoms with van der Waals surface area (Å²) in [5.74, 6) is -0.525. The Balaban J connectivity index is 3.76. The number of ether oxygens (including phenoxy) is 1. The highest BCUT2D eigenvalue weighted by molar-refractivity contribution is 6.77. The molecule has 0 aromatic heterocycles. The lowest BCUT2D eigenvalue weighted by atomic mass is 10.3. The van der Waals surface area contributed by atoms with Crippen molar-refractivity contribution in [3.63, 3.8) is 0 Å². The lowest BCUT2D eigenvalue weighted by molar-refractivity contribution is -0.144. The molecule has 0 saturated heterocycles. The maximum absolute atomic E-state index is 11.0. The first-order valence-corrected chi connectivity index (χ1v) is 7.94. The molecule has 0 spiro atoms. The van der Waals surface area contributed by atoms with Crippen LogP contribution in [0.5, 0.6) is 0 Å². The van der Waals surface area contributed by atoms with Crippen molar-refractivity contribution in [3.8, 4) is 0 Å². The number of Topliss-reactive ketones (excluding diaryl/α,β-unsaturated/α-hetero) is 1. The molecule has 0 aliphatic heterocycles. The van der Waals surface area contributed by atoms with E-state index in [1.807, 2.05) is 0 Å². The molecule has 4 heteroatoms. The van der Waals surface area contributed by atoms with Crippen LogP contribution in [0.3, 0.4) is 0 Å². The summed E-state index contributed by atoms with van der Waals surface area (Å²) in [5, 5.41) is 0. The average Bonchev–Trinajstić information content (AvgIpc) is 2.00. The predicted molar refractivity (Wildman–Crippen MR) is 54.2 cm³/mol. The number of hydrogen-bond acceptors (Lipinski definition) is 3. The summed E-state index contributed by atoms with van der Waals surface area (Å²) in [5.41, 5.74) is 0. The smallest absolute Gasteiger partial charge is 0.312 e. The molecule has 0 saturated carbocycles. The van der Waals surface area contributed by atoms with Gasteiger partial charge in [0.25, 0.3) is 0 Å². The molecule has 0 aromatic carbocycles. The molecule has 0 bridgehead atoms. The third kappa shape index (κ3) is 6.51. The molecule has 0 heterocycles. The maximum Gasteiger partial charge on any atom is 0.312 e. The van der Waals surface area contributed by atoms with E-state index in [0.717, 1.165) is 6.04 Å². The van der Waals surface area contributed by atoms with Crippen molar-refractivity contribution in [2.24, 2.45) is 0 Å². The molecule has 0 unspecified atom stereocenters. The van der Waals surface area contributed by atoms with Crippen LogP contribution in [0.2, 0.25) is 19.1 Å². The molecule has 0 radical (unpaired) electrons. The Morgan fingerprint density at radius 1 is 1.31 bits per heavy atom.